The van der Waals surface area contributed by atoms with Gasteiger partial charge in [0, 0.05) is 24.3 Å². The molecule has 1 saturated heterocycles. The van der Waals surface area contributed by atoms with Gasteiger partial charge in [0.1, 0.15) is 0 Å². The van der Waals surface area contributed by atoms with Gasteiger partial charge in [-0.05, 0) is 42.8 Å². The normalized spacial score (nSPS) is 15.1. The molecule has 1 heterocycles. The van der Waals surface area contributed by atoms with Gasteiger partial charge in [0.15, 0.2) is 0 Å². The lowest BCUT2D eigenvalue weighted by Crippen LogP contribution is -2.23. The average Bonchev–Trinajstić information content (AvgIpc) is 2.95. The SMILES string of the molecule is O=C1CCCN1c1ccc(NS(=O)(=O)c2ccccc2)cc1. The third-order valence-corrected chi connectivity index (χ3v) is 4.96. The summed E-state index contributed by atoms with van der Waals surface area (Å²) in [5, 5.41) is 0. The summed E-state index contributed by atoms with van der Waals surface area (Å²) in [6.07, 6.45) is 1.43. The molecular formula is C16H16N2O3S. The fourth-order valence-electron chi connectivity index (χ4n) is 2.44. The van der Waals surface area contributed by atoms with E-state index >= 15 is 0 Å². The van der Waals surface area contributed by atoms with E-state index in [0.717, 1.165) is 12.1 Å². The highest BCUT2D eigenvalue weighted by atomic mass is 32.2. The molecule has 0 saturated carbocycles. The first-order valence-corrected chi connectivity index (χ1v) is 8.53. The van der Waals surface area contributed by atoms with Crippen LogP contribution in [0.25, 0.3) is 0 Å². The number of carbonyl (C=O) groups excluding carboxylic acids is 1. The molecule has 0 aromatic heterocycles. The van der Waals surface area contributed by atoms with Crippen molar-refractivity contribution < 1.29 is 13.2 Å². The van der Waals surface area contributed by atoms with E-state index in [2.05, 4.69) is 4.72 Å². The number of hydrogen-bond donors (Lipinski definition) is 1. The lowest BCUT2D eigenvalue weighted by molar-refractivity contribution is -0.117. The van der Waals surface area contributed by atoms with Crippen molar-refractivity contribution in [1.82, 2.24) is 0 Å². The van der Waals surface area contributed by atoms with Crippen LogP contribution >= 0.6 is 0 Å². The minimum atomic E-state index is -3.59. The highest BCUT2D eigenvalue weighted by Gasteiger charge is 2.21. The molecule has 1 fully saturated rings. The maximum atomic E-state index is 12.2. The van der Waals surface area contributed by atoms with E-state index in [-0.39, 0.29) is 10.8 Å². The van der Waals surface area contributed by atoms with Crippen LogP contribution in [-0.2, 0) is 14.8 Å². The van der Waals surface area contributed by atoms with Crippen LogP contribution in [0.15, 0.2) is 59.5 Å². The molecule has 6 heteroatoms. The number of rotatable bonds is 4. The Hall–Kier alpha value is -2.34. The number of amides is 1. The van der Waals surface area contributed by atoms with Crippen LogP contribution in [0.2, 0.25) is 0 Å². The van der Waals surface area contributed by atoms with E-state index in [0.29, 0.717) is 18.7 Å². The van der Waals surface area contributed by atoms with Crippen molar-refractivity contribution in [2.24, 2.45) is 0 Å². The lowest BCUT2D eigenvalue weighted by Gasteiger charge is -2.16. The Labute approximate surface area is 129 Å². The Morgan fingerprint density at radius 2 is 1.64 bits per heavy atom. The summed E-state index contributed by atoms with van der Waals surface area (Å²) >= 11 is 0. The highest BCUT2D eigenvalue weighted by molar-refractivity contribution is 7.92. The minimum absolute atomic E-state index is 0.109. The van der Waals surface area contributed by atoms with Crippen molar-refractivity contribution >= 4 is 27.3 Å². The molecule has 0 unspecified atom stereocenters. The van der Waals surface area contributed by atoms with E-state index in [9.17, 15) is 13.2 Å². The highest BCUT2D eigenvalue weighted by Crippen LogP contribution is 2.24. The smallest absolute Gasteiger partial charge is 0.261 e. The predicted octanol–water partition coefficient (Wildman–Crippen LogP) is 2.61. The zero-order chi connectivity index (χ0) is 15.6. The summed E-state index contributed by atoms with van der Waals surface area (Å²) in [6, 6.07) is 15.0. The topological polar surface area (TPSA) is 66.5 Å². The third kappa shape index (κ3) is 2.96. The van der Waals surface area contributed by atoms with Crippen LogP contribution in [0.5, 0.6) is 0 Å². The van der Waals surface area contributed by atoms with Crippen LogP contribution in [0.4, 0.5) is 11.4 Å². The van der Waals surface area contributed by atoms with Gasteiger partial charge in [-0.1, -0.05) is 18.2 Å². The number of anilines is 2. The minimum Gasteiger partial charge on any atom is -0.312 e. The van der Waals surface area contributed by atoms with Crippen molar-refractivity contribution in [3.05, 3.63) is 54.6 Å². The van der Waals surface area contributed by atoms with E-state index in [1.165, 1.54) is 0 Å². The molecule has 0 aliphatic carbocycles. The van der Waals surface area contributed by atoms with Gasteiger partial charge in [0.05, 0.1) is 4.90 Å². The molecule has 3 rings (SSSR count). The van der Waals surface area contributed by atoms with Gasteiger partial charge in [0.2, 0.25) is 5.91 Å². The summed E-state index contributed by atoms with van der Waals surface area (Å²) in [4.78, 5) is 13.6. The molecular weight excluding hydrogens is 300 g/mol. The number of nitrogens with zero attached hydrogens (tertiary/aromatic N) is 1. The monoisotopic (exact) mass is 316 g/mol. The van der Waals surface area contributed by atoms with Crippen LogP contribution in [0.3, 0.4) is 0 Å². The Bertz CT molecular complexity index is 771. The van der Waals surface area contributed by atoms with Crippen LogP contribution in [0, 0.1) is 0 Å². The molecule has 0 radical (unpaired) electrons. The van der Waals surface area contributed by atoms with Gasteiger partial charge in [0.25, 0.3) is 10.0 Å². The van der Waals surface area contributed by atoms with Crippen molar-refractivity contribution in [2.75, 3.05) is 16.2 Å². The number of sulfonamides is 1. The molecule has 1 N–H and O–H groups in total. The first-order chi connectivity index (χ1) is 10.6. The summed E-state index contributed by atoms with van der Waals surface area (Å²) in [5.41, 5.74) is 1.27. The first kappa shape index (κ1) is 14.6. The number of benzene rings is 2. The van der Waals surface area contributed by atoms with E-state index < -0.39 is 10.0 Å². The average molecular weight is 316 g/mol. The maximum absolute atomic E-state index is 12.2. The number of carbonyl (C=O) groups is 1. The largest absolute Gasteiger partial charge is 0.312 e. The molecule has 22 heavy (non-hydrogen) atoms. The third-order valence-electron chi connectivity index (χ3n) is 3.56. The summed E-state index contributed by atoms with van der Waals surface area (Å²) in [5.74, 6) is 0.109. The molecule has 114 valence electrons. The van der Waals surface area contributed by atoms with E-state index in [1.807, 2.05) is 0 Å². The van der Waals surface area contributed by atoms with Gasteiger partial charge in [-0.3, -0.25) is 9.52 Å². The summed E-state index contributed by atoms with van der Waals surface area (Å²) in [6.45, 7) is 0.716. The molecule has 0 atom stereocenters. The van der Waals surface area contributed by atoms with Gasteiger partial charge < -0.3 is 4.90 Å². The second-order valence-electron chi connectivity index (χ2n) is 5.11. The summed E-state index contributed by atoms with van der Waals surface area (Å²) < 4.78 is 27.0. The van der Waals surface area contributed by atoms with Crippen molar-refractivity contribution in [1.29, 1.82) is 0 Å². The van der Waals surface area contributed by atoms with Crippen LogP contribution in [0.1, 0.15) is 12.8 Å². The summed E-state index contributed by atoms with van der Waals surface area (Å²) in [7, 11) is -3.59. The number of nitrogens with one attached hydrogen (secondary N) is 1. The molecule has 2 aromatic carbocycles. The molecule has 0 bridgehead atoms. The maximum Gasteiger partial charge on any atom is 0.261 e. The molecule has 1 aliphatic heterocycles. The zero-order valence-corrected chi connectivity index (χ0v) is 12.7. The number of hydrogen-bond acceptors (Lipinski definition) is 3. The second-order valence-corrected chi connectivity index (χ2v) is 6.80. The molecule has 2 aromatic rings. The molecule has 5 nitrogen and oxygen atoms in total. The molecule has 1 amide bonds. The predicted molar refractivity (Wildman–Crippen MR) is 85.3 cm³/mol. The Balaban J connectivity index is 1.78. The van der Waals surface area contributed by atoms with Crippen LogP contribution < -0.4 is 9.62 Å². The van der Waals surface area contributed by atoms with Gasteiger partial charge in [-0.15, -0.1) is 0 Å². The van der Waals surface area contributed by atoms with Gasteiger partial charge in [-0.25, -0.2) is 8.42 Å². The van der Waals surface area contributed by atoms with E-state index in [1.54, 1.807) is 59.5 Å². The standard InChI is InChI=1S/C16H16N2O3S/c19-16-7-4-12-18(16)14-10-8-13(9-11-14)17-22(20,21)15-5-2-1-3-6-15/h1-3,5-6,8-11,17H,4,7,12H2. The first-order valence-electron chi connectivity index (χ1n) is 7.04. The fraction of sp³-hybridized carbons (Fsp3) is 0.188. The van der Waals surface area contributed by atoms with E-state index in [4.69, 9.17) is 0 Å². The van der Waals surface area contributed by atoms with Crippen molar-refractivity contribution in [2.45, 2.75) is 17.7 Å². The molecule has 1 aliphatic rings. The van der Waals surface area contributed by atoms with Gasteiger partial charge in [-0.2, -0.15) is 0 Å². The Morgan fingerprint density at radius 3 is 2.23 bits per heavy atom. The quantitative estimate of drug-likeness (QED) is 0.943. The Morgan fingerprint density at radius 1 is 0.955 bits per heavy atom. The fourth-order valence-corrected chi connectivity index (χ4v) is 3.52. The van der Waals surface area contributed by atoms with Crippen LogP contribution in [-0.4, -0.2) is 20.9 Å². The Kier molecular flexibility index (Phi) is 3.85. The lowest BCUT2D eigenvalue weighted by atomic mass is 10.2. The van der Waals surface area contributed by atoms with Crippen molar-refractivity contribution in [3.8, 4) is 0 Å². The second kappa shape index (κ2) is 5.81. The van der Waals surface area contributed by atoms with Gasteiger partial charge >= 0.3 is 0 Å². The molecule has 0 spiro atoms. The van der Waals surface area contributed by atoms with Crippen molar-refractivity contribution in [3.63, 3.8) is 0 Å². The zero-order valence-electron chi connectivity index (χ0n) is 11.9.